The number of methoxy groups -OCH3 is 1. The molecule has 116 valence electrons. The summed E-state index contributed by atoms with van der Waals surface area (Å²) in [6, 6.07) is 8.93. The summed E-state index contributed by atoms with van der Waals surface area (Å²) in [6.07, 6.45) is 0. The largest absolute Gasteiger partial charge is 0.495 e. The monoisotopic (exact) mass is 427 g/mol. The van der Waals surface area contributed by atoms with Crippen LogP contribution in [0.3, 0.4) is 0 Å². The van der Waals surface area contributed by atoms with Crippen LogP contribution in [0.25, 0.3) is 0 Å². The third-order valence-corrected chi connectivity index (χ3v) is 4.28. The molecule has 2 aromatic carbocycles. The molecule has 2 aromatic rings. The lowest BCUT2D eigenvalue weighted by atomic mass is 10.1. The highest BCUT2D eigenvalue weighted by molar-refractivity contribution is 9.11. The van der Waals surface area contributed by atoms with E-state index >= 15 is 0 Å². The van der Waals surface area contributed by atoms with Crippen molar-refractivity contribution in [3.63, 3.8) is 0 Å². The lowest BCUT2D eigenvalue weighted by molar-refractivity contribution is 0.0697. The zero-order chi connectivity index (χ0) is 16.3. The van der Waals surface area contributed by atoms with Gasteiger partial charge in [0.2, 0.25) is 0 Å². The van der Waals surface area contributed by atoms with Crippen LogP contribution in [0.15, 0.2) is 39.3 Å². The summed E-state index contributed by atoms with van der Waals surface area (Å²) < 4.78 is 7.24. The quantitative estimate of drug-likeness (QED) is 0.715. The van der Waals surface area contributed by atoms with Gasteiger partial charge in [0.15, 0.2) is 0 Å². The van der Waals surface area contributed by atoms with Gasteiger partial charge in [0.05, 0.1) is 17.1 Å². The molecule has 0 aliphatic carbocycles. The number of ether oxygens (including phenoxy) is 1. The van der Waals surface area contributed by atoms with Crippen LogP contribution >= 0.6 is 31.9 Å². The van der Waals surface area contributed by atoms with Gasteiger partial charge in [-0.3, -0.25) is 0 Å². The molecule has 0 spiro atoms. The number of anilines is 1. The average molecular weight is 429 g/mol. The number of carbonyl (C=O) groups is 1. The van der Waals surface area contributed by atoms with Crippen molar-refractivity contribution in [1.82, 2.24) is 0 Å². The lowest BCUT2D eigenvalue weighted by Gasteiger charge is -2.14. The predicted molar refractivity (Wildman–Crippen MR) is 93.9 cm³/mol. The molecule has 0 aliphatic rings. The molecule has 22 heavy (non-hydrogen) atoms. The van der Waals surface area contributed by atoms with Gasteiger partial charge in [0.25, 0.3) is 0 Å². The summed E-state index contributed by atoms with van der Waals surface area (Å²) in [5, 5.41) is 12.3. The summed E-state index contributed by atoms with van der Waals surface area (Å²) in [6.45, 7) is 2.44. The first-order valence-electron chi connectivity index (χ1n) is 6.52. The van der Waals surface area contributed by atoms with Gasteiger partial charge >= 0.3 is 5.97 Å². The molecule has 0 saturated carbocycles. The van der Waals surface area contributed by atoms with Crippen molar-refractivity contribution in [2.45, 2.75) is 13.5 Å². The van der Waals surface area contributed by atoms with Gasteiger partial charge in [-0.2, -0.15) is 0 Å². The Morgan fingerprint density at radius 1 is 1.27 bits per heavy atom. The second kappa shape index (κ2) is 7.15. The predicted octanol–water partition coefficient (Wildman–Crippen LogP) is 4.84. The Morgan fingerprint density at radius 3 is 2.59 bits per heavy atom. The molecule has 0 amide bonds. The molecular weight excluding hydrogens is 414 g/mol. The maximum absolute atomic E-state index is 11.0. The number of aromatic carboxylic acids is 1. The van der Waals surface area contributed by atoms with E-state index in [9.17, 15) is 4.79 Å². The minimum Gasteiger partial charge on any atom is -0.495 e. The van der Waals surface area contributed by atoms with Crippen LogP contribution in [0.1, 0.15) is 21.5 Å². The first-order valence-corrected chi connectivity index (χ1v) is 8.10. The van der Waals surface area contributed by atoms with Crippen molar-refractivity contribution >= 4 is 43.5 Å². The van der Waals surface area contributed by atoms with Crippen LogP contribution in [0.4, 0.5) is 5.69 Å². The highest BCUT2D eigenvalue weighted by Crippen LogP contribution is 2.33. The van der Waals surface area contributed by atoms with Crippen molar-refractivity contribution in [2.24, 2.45) is 0 Å². The Balaban J connectivity index is 2.22. The molecule has 2 rings (SSSR count). The van der Waals surface area contributed by atoms with Crippen LogP contribution in [0.2, 0.25) is 0 Å². The molecule has 2 N–H and O–H groups in total. The van der Waals surface area contributed by atoms with E-state index in [1.807, 2.05) is 19.1 Å². The molecule has 0 radical (unpaired) electrons. The Morgan fingerprint density at radius 2 is 2.00 bits per heavy atom. The molecule has 0 atom stereocenters. The zero-order valence-electron chi connectivity index (χ0n) is 12.1. The van der Waals surface area contributed by atoms with Gasteiger partial charge in [-0.25, -0.2) is 4.79 Å². The standard InChI is InChI=1S/C16H15Br2NO3/c1-9-5-10(16(20)21)3-4-14(9)19-8-11-6-12(17)7-13(18)15(11)22-2/h3-7,19H,8H2,1-2H3,(H,20,21). The normalized spacial score (nSPS) is 10.4. The zero-order valence-corrected chi connectivity index (χ0v) is 15.3. The van der Waals surface area contributed by atoms with E-state index < -0.39 is 5.97 Å². The van der Waals surface area contributed by atoms with Gasteiger partial charge in [-0.15, -0.1) is 0 Å². The van der Waals surface area contributed by atoms with E-state index in [4.69, 9.17) is 9.84 Å². The molecule has 0 saturated heterocycles. The van der Waals surface area contributed by atoms with Gasteiger partial charge in [0, 0.05) is 22.3 Å². The molecular formula is C16H15Br2NO3. The number of hydrogen-bond acceptors (Lipinski definition) is 3. The highest BCUT2D eigenvalue weighted by atomic mass is 79.9. The third kappa shape index (κ3) is 3.81. The van der Waals surface area contributed by atoms with Gasteiger partial charge < -0.3 is 15.2 Å². The number of carboxylic acids is 1. The highest BCUT2D eigenvalue weighted by Gasteiger charge is 2.10. The average Bonchev–Trinajstić information content (AvgIpc) is 2.45. The molecule has 0 heterocycles. The van der Waals surface area contributed by atoms with E-state index in [0.717, 1.165) is 31.5 Å². The van der Waals surface area contributed by atoms with Crippen molar-refractivity contribution in [2.75, 3.05) is 12.4 Å². The van der Waals surface area contributed by atoms with Crippen LogP contribution in [0, 0.1) is 6.92 Å². The van der Waals surface area contributed by atoms with Gasteiger partial charge in [-0.1, -0.05) is 15.9 Å². The van der Waals surface area contributed by atoms with Crippen LogP contribution < -0.4 is 10.1 Å². The minimum absolute atomic E-state index is 0.283. The van der Waals surface area contributed by atoms with Gasteiger partial charge in [0.1, 0.15) is 5.75 Å². The number of hydrogen-bond donors (Lipinski definition) is 2. The fourth-order valence-corrected chi connectivity index (χ4v) is 3.63. The fraction of sp³-hybridized carbons (Fsp3) is 0.188. The number of aryl methyl sites for hydroxylation is 1. The second-order valence-electron chi connectivity index (χ2n) is 4.77. The molecule has 6 heteroatoms. The summed E-state index contributed by atoms with van der Waals surface area (Å²) in [5.74, 6) is -0.150. The fourth-order valence-electron chi connectivity index (χ4n) is 2.16. The maximum Gasteiger partial charge on any atom is 0.335 e. The molecule has 0 aliphatic heterocycles. The maximum atomic E-state index is 11.0. The Hall–Kier alpha value is -1.53. The van der Waals surface area contributed by atoms with E-state index in [1.165, 1.54) is 0 Å². The molecule has 4 nitrogen and oxygen atoms in total. The van der Waals surface area contributed by atoms with Crippen molar-refractivity contribution < 1.29 is 14.6 Å². The van der Waals surface area contributed by atoms with E-state index in [-0.39, 0.29) is 5.56 Å². The summed E-state index contributed by atoms with van der Waals surface area (Å²) >= 11 is 6.94. The second-order valence-corrected chi connectivity index (χ2v) is 6.54. The number of benzene rings is 2. The van der Waals surface area contributed by atoms with Crippen molar-refractivity contribution in [1.29, 1.82) is 0 Å². The summed E-state index contributed by atoms with van der Waals surface area (Å²) in [5.41, 5.74) is 3.05. The third-order valence-electron chi connectivity index (χ3n) is 3.23. The number of halogens is 2. The van der Waals surface area contributed by atoms with E-state index in [1.54, 1.807) is 25.3 Å². The molecule has 0 unspecified atom stereocenters. The Kier molecular flexibility index (Phi) is 5.47. The van der Waals surface area contributed by atoms with Crippen molar-refractivity contribution in [3.05, 3.63) is 56.0 Å². The Bertz CT molecular complexity index is 717. The minimum atomic E-state index is -0.924. The first-order chi connectivity index (χ1) is 10.4. The molecule has 0 bridgehead atoms. The van der Waals surface area contributed by atoms with Crippen LogP contribution in [-0.4, -0.2) is 18.2 Å². The van der Waals surface area contributed by atoms with E-state index in [0.29, 0.717) is 6.54 Å². The lowest BCUT2D eigenvalue weighted by Crippen LogP contribution is -2.05. The first kappa shape index (κ1) is 16.8. The molecule has 0 aromatic heterocycles. The van der Waals surface area contributed by atoms with Crippen LogP contribution in [-0.2, 0) is 6.54 Å². The summed E-state index contributed by atoms with van der Waals surface area (Å²) in [7, 11) is 1.63. The number of rotatable bonds is 5. The molecule has 0 fully saturated rings. The van der Waals surface area contributed by atoms with Gasteiger partial charge in [-0.05, 0) is 58.7 Å². The SMILES string of the molecule is COc1c(Br)cc(Br)cc1CNc1ccc(C(=O)O)cc1C. The number of carboxylic acid groups (broad SMARTS) is 1. The van der Waals surface area contributed by atoms with Crippen LogP contribution in [0.5, 0.6) is 5.75 Å². The Labute approximate surface area is 145 Å². The number of nitrogens with one attached hydrogen (secondary N) is 1. The summed E-state index contributed by atoms with van der Waals surface area (Å²) in [4.78, 5) is 11.0. The smallest absolute Gasteiger partial charge is 0.335 e. The van der Waals surface area contributed by atoms with E-state index in [2.05, 4.69) is 37.2 Å². The van der Waals surface area contributed by atoms with Crippen molar-refractivity contribution in [3.8, 4) is 5.75 Å². The topological polar surface area (TPSA) is 58.6 Å².